The zero-order valence-corrected chi connectivity index (χ0v) is 16.0. The van der Waals surface area contributed by atoms with E-state index in [1.54, 1.807) is 0 Å². The normalized spacial score (nSPS) is 10.7. The second-order valence-electron chi connectivity index (χ2n) is 6.18. The lowest BCUT2D eigenvalue weighted by Crippen LogP contribution is -2.13. The predicted molar refractivity (Wildman–Crippen MR) is 103 cm³/mol. The SMILES string of the molecule is Cc1cc(Br)ccc1NC(=O)CCCOc1ccc(C(C)C)cc1. The van der Waals surface area contributed by atoms with E-state index in [9.17, 15) is 4.79 Å². The molecule has 1 amide bonds. The van der Waals surface area contributed by atoms with E-state index in [4.69, 9.17) is 4.74 Å². The Bertz CT molecular complexity index is 681. The summed E-state index contributed by atoms with van der Waals surface area (Å²) >= 11 is 3.42. The molecule has 2 rings (SSSR count). The Balaban J connectivity index is 1.72. The Morgan fingerprint density at radius 3 is 2.50 bits per heavy atom. The van der Waals surface area contributed by atoms with E-state index in [0.29, 0.717) is 25.4 Å². The van der Waals surface area contributed by atoms with E-state index in [0.717, 1.165) is 21.5 Å². The van der Waals surface area contributed by atoms with Gasteiger partial charge in [0.2, 0.25) is 5.91 Å². The molecule has 0 fully saturated rings. The summed E-state index contributed by atoms with van der Waals surface area (Å²) in [7, 11) is 0. The fourth-order valence-corrected chi connectivity index (χ4v) is 2.83. The zero-order valence-electron chi connectivity index (χ0n) is 14.4. The van der Waals surface area contributed by atoms with Crippen LogP contribution >= 0.6 is 15.9 Å². The molecule has 0 saturated carbocycles. The van der Waals surface area contributed by atoms with Gasteiger partial charge in [-0.25, -0.2) is 0 Å². The van der Waals surface area contributed by atoms with Gasteiger partial charge in [0, 0.05) is 16.6 Å². The van der Waals surface area contributed by atoms with Crippen molar-refractivity contribution in [3.8, 4) is 5.75 Å². The van der Waals surface area contributed by atoms with Crippen molar-refractivity contribution in [2.45, 2.75) is 39.5 Å². The molecule has 4 heteroatoms. The second-order valence-corrected chi connectivity index (χ2v) is 7.10. The van der Waals surface area contributed by atoms with E-state index >= 15 is 0 Å². The first-order valence-corrected chi connectivity index (χ1v) is 9.04. The van der Waals surface area contributed by atoms with Crippen LogP contribution in [0.5, 0.6) is 5.75 Å². The fraction of sp³-hybridized carbons (Fsp3) is 0.350. The summed E-state index contributed by atoms with van der Waals surface area (Å²) in [6, 6.07) is 14.0. The highest BCUT2D eigenvalue weighted by molar-refractivity contribution is 9.10. The lowest BCUT2D eigenvalue weighted by atomic mass is 10.0. The van der Waals surface area contributed by atoms with Crippen molar-refractivity contribution in [2.24, 2.45) is 0 Å². The van der Waals surface area contributed by atoms with Crippen LogP contribution < -0.4 is 10.1 Å². The average molecular weight is 390 g/mol. The van der Waals surface area contributed by atoms with Crippen LogP contribution in [-0.2, 0) is 4.79 Å². The van der Waals surface area contributed by atoms with Crippen molar-refractivity contribution in [3.63, 3.8) is 0 Å². The van der Waals surface area contributed by atoms with E-state index in [2.05, 4.69) is 47.2 Å². The molecule has 0 aliphatic heterocycles. The molecule has 24 heavy (non-hydrogen) atoms. The zero-order chi connectivity index (χ0) is 17.5. The van der Waals surface area contributed by atoms with Crippen molar-refractivity contribution in [1.82, 2.24) is 0 Å². The van der Waals surface area contributed by atoms with Gasteiger partial charge in [-0.3, -0.25) is 4.79 Å². The Hall–Kier alpha value is -1.81. The number of hydrogen-bond acceptors (Lipinski definition) is 2. The number of halogens is 1. The number of aryl methyl sites for hydroxylation is 1. The summed E-state index contributed by atoms with van der Waals surface area (Å²) in [6.07, 6.45) is 1.13. The van der Waals surface area contributed by atoms with Gasteiger partial charge in [0.25, 0.3) is 0 Å². The quantitative estimate of drug-likeness (QED) is 0.618. The van der Waals surface area contributed by atoms with E-state index in [-0.39, 0.29) is 5.91 Å². The van der Waals surface area contributed by atoms with Gasteiger partial charge in [-0.05, 0) is 60.7 Å². The Kier molecular flexibility index (Phi) is 6.85. The van der Waals surface area contributed by atoms with E-state index < -0.39 is 0 Å². The summed E-state index contributed by atoms with van der Waals surface area (Å²) in [5.41, 5.74) is 3.19. The molecule has 1 N–H and O–H groups in total. The molecule has 0 aliphatic carbocycles. The molecule has 128 valence electrons. The van der Waals surface area contributed by atoms with Crippen LogP contribution in [0.15, 0.2) is 46.9 Å². The summed E-state index contributed by atoms with van der Waals surface area (Å²) in [4.78, 5) is 12.0. The van der Waals surface area contributed by atoms with Gasteiger partial charge < -0.3 is 10.1 Å². The molecule has 0 bridgehead atoms. The summed E-state index contributed by atoms with van der Waals surface area (Å²) in [5, 5.41) is 2.94. The number of nitrogens with one attached hydrogen (secondary N) is 1. The number of amides is 1. The van der Waals surface area contributed by atoms with Crippen molar-refractivity contribution in [2.75, 3.05) is 11.9 Å². The average Bonchev–Trinajstić information content (AvgIpc) is 2.55. The molecular weight excluding hydrogens is 366 g/mol. The first kappa shape index (κ1) is 18.5. The van der Waals surface area contributed by atoms with Crippen LogP contribution in [0.1, 0.15) is 43.7 Å². The maximum atomic E-state index is 12.0. The third-order valence-corrected chi connectivity index (χ3v) is 4.32. The number of hydrogen-bond donors (Lipinski definition) is 1. The molecule has 2 aromatic rings. The van der Waals surface area contributed by atoms with Crippen LogP contribution in [0, 0.1) is 6.92 Å². The minimum absolute atomic E-state index is 0.0131. The van der Waals surface area contributed by atoms with Gasteiger partial charge in [-0.1, -0.05) is 41.9 Å². The smallest absolute Gasteiger partial charge is 0.224 e. The summed E-state index contributed by atoms with van der Waals surface area (Å²) in [6.45, 7) is 6.85. The van der Waals surface area contributed by atoms with Gasteiger partial charge in [-0.2, -0.15) is 0 Å². The maximum Gasteiger partial charge on any atom is 0.224 e. The van der Waals surface area contributed by atoms with Gasteiger partial charge in [0.15, 0.2) is 0 Å². The Labute approximate surface area is 152 Å². The van der Waals surface area contributed by atoms with Crippen molar-refractivity contribution in [3.05, 3.63) is 58.1 Å². The molecule has 0 spiro atoms. The molecule has 2 aromatic carbocycles. The number of carbonyl (C=O) groups is 1. The fourth-order valence-electron chi connectivity index (χ4n) is 2.35. The summed E-state index contributed by atoms with van der Waals surface area (Å²) in [5.74, 6) is 1.38. The molecule has 0 saturated heterocycles. The van der Waals surface area contributed by atoms with Crippen LogP contribution in [-0.4, -0.2) is 12.5 Å². The van der Waals surface area contributed by atoms with Crippen LogP contribution in [0.4, 0.5) is 5.69 Å². The highest BCUT2D eigenvalue weighted by Crippen LogP contribution is 2.21. The summed E-state index contributed by atoms with van der Waals surface area (Å²) < 4.78 is 6.70. The van der Waals surface area contributed by atoms with E-state index in [1.165, 1.54) is 5.56 Å². The predicted octanol–water partition coefficient (Wildman–Crippen LogP) is 5.68. The topological polar surface area (TPSA) is 38.3 Å². The first-order chi connectivity index (χ1) is 11.5. The lowest BCUT2D eigenvalue weighted by molar-refractivity contribution is -0.116. The minimum Gasteiger partial charge on any atom is -0.494 e. The largest absolute Gasteiger partial charge is 0.494 e. The Morgan fingerprint density at radius 1 is 1.17 bits per heavy atom. The van der Waals surface area contributed by atoms with Crippen LogP contribution in [0.25, 0.3) is 0 Å². The molecule has 0 aromatic heterocycles. The lowest BCUT2D eigenvalue weighted by Gasteiger charge is -2.10. The standard InChI is InChI=1S/C20H24BrNO2/c1-14(2)16-6-9-18(10-7-16)24-12-4-5-20(23)22-19-11-8-17(21)13-15(19)3/h6-11,13-14H,4-5,12H2,1-3H3,(H,22,23). The molecule has 0 heterocycles. The number of anilines is 1. The van der Waals surface area contributed by atoms with Crippen LogP contribution in [0.2, 0.25) is 0 Å². The number of ether oxygens (including phenoxy) is 1. The molecule has 0 unspecified atom stereocenters. The minimum atomic E-state index is 0.0131. The van der Waals surface area contributed by atoms with Gasteiger partial charge in [0.05, 0.1) is 6.61 Å². The number of benzene rings is 2. The molecule has 0 aliphatic rings. The van der Waals surface area contributed by atoms with Gasteiger partial charge >= 0.3 is 0 Å². The monoisotopic (exact) mass is 389 g/mol. The third kappa shape index (κ3) is 5.68. The van der Waals surface area contributed by atoms with Crippen molar-refractivity contribution < 1.29 is 9.53 Å². The van der Waals surface area contributed by atoms with Crippen molar-refractivity contribution >= 4 is 27.5 Å². The second kappa shape index (κ2) is 8.88. The molecular formula is C20H24BrNO2. The maximum absolute atomic E-state index is 12.0. The van der Waals surface area contributed by atoms with Crippen LogP contribution in [0.3, 0.4) is 0 Å². The highest BCUT2D eigenvalue weighted by Gasteiger charge is 2.05. The van der Waals surface area contributed by atoms with E-state index in [1.807, 2.05) is 37.3 Å². The highest BCUT2D eigenvalue weighted by atomic mass is 79.9. The first-order valence-electron chi connectivity index (χ1n) is 8.24. The molecule has 3 nitrogen and oxygen atoms in total. The number of rotatable bonds is 7. The third-order valence-electron chi connectivity index (χ3n) is 3.83. The molecule has 0 atom stereocenters. The molecule has 0 radical (unpaired) electrons. The van der Waals surface area contributed by atoms with Crippen molar-refractivity contribution in [1.29, 1.82) is 0 Å². The number of carbonyl (C=O) groups excluding carboxylic acids is 1. The van der Waals surface area contributed by atoms with Gasteiger partial charge in [-0.15, -0.1) is 0 Å². The van der Waals surface area contributed by atoms with Gasteiger partial charge in [0.1, 0.15) is 5.75 Å². The Morgan fingerprint density at radius 2 is 1.88 bits per heavy atom.